The molecule has 3 N–H and O–H groups in total. The Morgan fingerprint density at radius 3 is 2.35 bits per heavy atom. The van der Waals surface area contributed by atoms with Crippen LogP contribution in [0.3, 0.4) is 0 Å². The third kappa shape index (κ3) is 7.90. The normalized spacial score (nSPS) is 11.9. The van der Waals surface area contributed by atoms with Crippen molar-refractivity contribution in [3.63, 3.8) is 0 Å². The number of carbonyl (C=O) groups is 2. The molecule has 166 valence electrons. The molecule has 0 fully saturated rings. The molecule has 0 atom stereocenters. The fourth-order valence-electron chi connectivity index (χ4n) is 3.18. The third-order valence-corrected chi connectivity index (χ3v) is 4.93. The molecule has 0 heterocycles. The average molecular weight is 427 g/mol. The van der Waals surface area contributed by atoms with Crippen LogP contribution in [-0.2, 0) is 6.61 Å². The molecule has 2 aromatic rings. The SMILES string of the molecule is C/C(=C\CCCCC(C)(C)O)c1cccc(OCc2ccc(C(=O)O)c(C(=O)O)c2)c1. The van der Waals surface area contributed by atoms with E-state index in [-0.39, 0.29) is 17.7 Å². The Balaban J connectivity index is 1.99. The number of carboxylic acid groups (broad SMARTS) is 2. The summed E-state index contributed by atoms with van der Waals surface area (Å²) in [4.78, 5) is 22.5. The predicted molar refractivity (Wildman–Crippen MR) is 120 cm³/mol. The van der Waals surface area contributed by atoms with Gasteiger partial charge in [0.05, 0.1) is 16.7 Å². The molecule has 0 bridgehead atoms. The molecule has 0 saturated carbocycles. The van der Waals surface area contributed by atoms with Crippen molar-refractivity contribution in [1.29, 1.82) is 0 Å². The van der Waals surface area contributed by atoms with Crippen LogP contribution in [0, 0.1) is 0 Å². The molecule has 2 rings (SSSR count). The highest BCUT2D eigenvalue weighted by Gasteiger charge is 2.16. The maximum atomic E-state index is 11.3. The molecule has 0 aliphatic carbocycles. The summed E-state index contributed by atoms with van der Waals surface area (Å²) in [5.74, 6) is -1.92. The second-order valence-electron chi connectivity index (χ2n) is 8.25. The molecular formula is C25H30O6. The van der Waals surface area contributed by atoms with Crippen LogP contribution in [0.15, 0.2) is 48.5 Å². The minimum Gasteiger partial charge on any atom is -0.489 e. The molecule has 0 aliphatic heterocycles. The smallest absolute Gasteiger partial charge is 0.336 e. The van der Waals surface area contributed by atoms with E-state index < -0.39 is 17.5 Å². The average Bonchev–Trinajstić information content (AvgIpc) is 2.70. The highest BCUT2D eigenvalue weighted by molar-refractivity contribution is 6.01. The Bertz CT molecular complexity index is 953. The quantitative estimate of drug-likeness (QED) is 0.416. The van der Waals surface area contributed by atoms with E-state index in [4.69, 9.17) is 9.84 Å². The lowest BCUT2D eigenvalue weighted by Gasteiger charge is -2.16. The highest BCUT2D eigenvalue weighted by Crippen LogP contribution is 2.23. The van der Waals surface area contributed by atoms with Gasteiger partial charge in [-0.15, -0.1) is 0 Å². The topological polar surface area (TPSA) is 104 Å². The van der Waals surface area contributed by atoms with Crippen molar-refractivity contribution in [3.8, 4) is 5.75 Å². The van der Waals surface area contributed by atoms with Crippen molar-refractivity contribution >= 4 is 17.5 Å². The number of hydrogen-bond donors (Lipinski definition) is 3. The van der Waals surface area contributed by atoms with Crippen LogP contribution in [0.4, 0.5) is 0 Å². The number of unbranched alkanes of at least 4 members (excludes halogenated alkanes) is 2. The Hall–Kier alpha value is -3.12. The first kappa shape index (κ1) is 24.2. The summed E-state index contributed by atoms with van der Waals surface area (Å²) >= 11 is 0. The van der Waals surface area contributed by atoms with Crippen LogP contribution < -0.4 is 4.74 Å². The number of aromatic carboxylic acids is 2. The summed E-state index contributed by atoms with van der Waals surface area (Å²) < 4.78 is 5.80. The number of hydrogen-bond acceptors (Lipinski definition) is 4. The number of benzene rings is 2. The van der Waals surface area contributed by atoms with Crippen molar-refractivity contribution in [2.24, 2.45) is 0 Å². The fourth-order valence-corrected chi connectivity index (χ4v) is 3.18. The summed E-state index contributed by atoms with van der Waals surface area (Å²) in [6.45, 7) is 5.81. The molecule has 0 spiro atoms. The van der Waals surface area contributed by atoms with Crippen molar-refractivity contribution < 1.29 is 29.6 Å². The number of allylic oxidation sites excluding steroid dienone is 2. The zero-order valence-electron chi connectivity index (χ0n) is 18.2. The van der Waals surface area contributed by atoms with Crippen LogP contribution in [0.1, 0.15) is 78.3 Å². The molecule has 6 nitrogen and oxygen atoms in total. The van der Waals surface area contributed by atoms with E-state index in [2.05, 4.69) is 6.08 Å². The van der Waals surface area contributed by atoms with Crippen LogP contribution in [0.2, 0.25) is 0 Å². The number of ether oxygens (including phenoxy) is 1. The summed E-state index contributed by atoms with van der Waals surface area (Å²) in [6.07, 6.45) is 5.86. The van der Waals surface area contributed by atoms with Gasteiger partial charge in [0.1, 0.15) is 12.4 Å². The van der Waals surface area contributed by atoms with E-state index >= 15 is 0 Å². The van der Waals surface area contributed by atoms with E-state index in [9.17, 15) is 19.8 Å². The maximum Gasteiger partial charge on any atom is 0.336 e. The number of aliphatic hydroxyl groups is 1. The van der Waals surface area contributed by atoms with Crippen molar-refractivity contribution in [3.05, 3.63) is 70.8 Å². The molecule has 2 aromatic carbocycles. The largest absolute Gasteiger partial charge is 0.489 e. The highest BCUT2D eigenvalue weighted by atomic mass is 16.5. The number of rotatable bonds is 11. The second kappa shape index (κ2) is 10.8. The molecule has 31 heavy (non-hydrogen) atoms. The maximum absolute atomic E-state index is 11.3. The van der Waals surface area contributed by atoms with E-state index in [0.717, 1.165) is 36.8 Å². The predicted octanol–water partition coefficient (Wildman–Crippen LogP) is 5.40. The molecule has 0 aromatic heterocycles. The summed E-state index contributed by atoms with van der Waals surface area (Å²) in [6, 6.07) is 11.8. The molecule has 0 saturated heterocycles. The minimum absolute atomic E-state index is 0.128. The Labute approximate surface area is 182 Å². The third-order valence-electron chi connectivity index (χ3n) is 4.93. The van der Waals surface area contributed by atoms with Gasteiger partial charge in [-0.2, -0.15) is 0 Å². The Kier molecular flexibility index (Phi) is 8.39. The van der Waals surface area contributed by atoms with Gasteiger partial charge in [-0.1, -0.05) is 30.7 Å². The first-order chi connectivity index (χ1) is 14.6. The van der Waals surface area contributed by atoms with Crippen molar-refractivity contribution in [2.45, 2.75) is 58.7 Å². The van der Waals surface area contributed by atoms with Gasteiger partial charge in [0.2, 0.25) is 0 Å². The lowest BCUT2D eigenvalue weighted by atomic mass is 9.99. The Morgan fingerprint density at radius 1 is 1.00 bits per heavy atom. The van der Waals surface area contributed by atoms with Crippen LogP contribution >= 0.6 is 0 Å². The fraction of sp³-hybridized carbons (Fsp3) is 0.360. The van der Waals surface area contributed by atoms with Gasteiger partial charge in [-0.3, -0.25) is 0 Å². The molecular weight excluding hydrogens is 396 g/mol. The van der Waals surface area contributed by atoms with E-state index in [0.29, 0.717) is 11.3 Å². The summed E-state index contributed by atoms with van der Waals surface area (Å²) in [7, 11) is 0. The van der Waals surface area contributed by atoms with Gasteiger partial charge < -0.3 is 20.1 Å². The lowest BCUT2D eigenvalue weighted by molar-refractivity contribution is 0.0651. The first-order valence-electron chi connectivity index (χ1n) is 10.3. The van der Waals surface area contributed by atoms with Crippen molar-refractivity contribution in [1.82, 2.24) is 0 Å². The molecule has 0 aliphatic rings. The van der Waals surface area contributed by atoms with Crippen molar-refractivity contribution in [2.75, 3.05) is 0 Å². The zero-order chi connectivity index (χ0) is 23.0. The van der Waals surface area contributed by atoms with Gasteiger partial charge >= 0.3 is 11.9 Å². The van der Waals surface area contributed by atoms with Gasteiger partial charge in [0.15, 0.2) is 0 Å². The van der Waals surface area contributed by atoms with Gasteiger partial charge in [-0.25, -0.2) is 9.59 Å². The zero-order valence-corrected chi connectivity index (χ0v) is 18.2. The number of carboxylic acids is 2. The van der Waals surface area contributed by atoms with E-state index in [1.165, 1.54) is 12.1 Å². The van der Waals surface area contributed by atoms with Gasteiger partial charge in [0.25, 0.3) is 0 Å². The van der Waals surface area contributed by atoms with E-state index in [1.807, 2.05) is 45.0 Å². The molecule has 0 radical (unpaired) electrons. The van der Waals surface area contributed by atoms with Gasteiger partial charge in [0, 0.05) is 0 Å². The van der Waals surface area contributed by atoms with E-state index in [1.54, 1.807) is 6.07 Å². The van der Waals surface area contributed by atoms with Crippen LogP contribution in [0.5, 0.6) is 5.75 Å². The van der Waals surface area contributed by atoms with Gasteiger partial charge in [-0.05, 0) is 81.0 Å². The molecule has 0 unspecified atom stereocenters. The summed E-state index contributed by atoms with van der Waals surface area (Å²) in [5, 5.41) is 28.1. The standard InChI is InChI=1S/C25H30O6/c1-17(8-5-4-6-13-25(2,3)30)19-9-7-10-20(15-19)31-16-18-11-12-21(23(26)27)22(14-18)24(28)29/h7-12,14-15,30H,4-6,13,16H2,1-3H3,(H,26,27)(H,28,29)/b17-8+. The van der Waals surface area contributed by atoms with Crippen LogP contribution in [-0.4, -0.2) is 32.9 Å². The minimum atomic E-state index is -1.29. The van der Waals surface area contributed by atoms with Crippen LogP contribution in [0.25, 0.3) is 5.57 Å². The Morgan fingerprint density at radius 2 is 1.71 bits per heavy atom. The molecule has 6 heteroatoms. The molecule has 0 amide bonds. The second-order valence-corrected chi connectivity index (χ2v) is 8.25. The summed E-state index contributed by atoms with van der Waals surface area (Å²) in [5.41, 5.74) is 1.61. The lowest BCUT2D eigenvalue weighted by Crippen LogP contribution is -2.17. The first-order valence-corrected chi connectivity index (χ1v) is 10.3. The monoisotopic (exact) mass is 426 g/mol.